The van der Waals surface area contributed by atoms with E-state index < -0.39 is 10.0 Å². The van der Waals surface area contributed by atoms with Gasteiger partial charge in [-0.3, -0.25) is 4.99 Å². The van der Waals surface area contributed by atoms with Gasteiger partial charge in [-0.25, -0.2) is 17.1 Å². The van der Waals surface area contributed by atoms with Gasteiger partial charge < -0.3 is 15.6 Å². The van der Waals surface area contributed by atoms with Crippen molar-refractivity contribution in [2.45, 2.75) is 20.3 Å². The summed E-state index contributed by atoms with van der Waals surface area (Å²) in [5.74, 6) is 0.303. The Hall–Kier alpha value is -1.40. The highest BCUT2D eigenvalue weighted by atomic mass is 127. The number of hydrogen-bond donors (Lipinski definition) is 3. The Bertz CT molecular complexity index is 881. The maximum absolute atomic E-state index is 13.2. The number of aliphatic imine (C=N–C) groups is 1. The van der Waals surface area contributed by atoms with Crippen LogP contribution in [0, 0.1) is 5.82 Å². The van der Waals surface area contributed by atoms with E-state index in [1.54, 1.807) is 13.1 Å². The second-order valence-electron chi connectivity index (χ2n) is 6.08. The van der Waals surface area contributed by atoms with Gasteiger partial charge in [0.05, 0.1) is 5.75 Å². The minimum Gasteiger partial charge on any atom is -0.361 e. The quantitative estimate of drug-likeness (QED) is 0.266. The molecular weight excluding hydrogens is 496 g/mol. The molecule has 0 radical (unpaired) electrons. The Kier molecular flexibility index (Phi) is 10.2. The van der Waals surface area contributed by atoms with Crippen LogP contribution in [0.15, 0.2) is 29.4 Å². The molecule has 7 nitrogen and oxygen atoms in total. The number of aromatic nitrogens is 1. The summed E-state index contributed by atoms with van der Waals surface area (Å²) in [7, 11) is -1.62. The van der Waals surface area contributed by atoms with Crippen molar-refractivity contribution < 1.29 is 12.8 Å². The Morgan fingerprint density at radius 3 is 2.54 bits per heavy atom. The number of aromatic amines is 1. The van der Waals surface area contributed by atoms with Crippen LogP contribution < -0.4 is 10.6 Å². The molecule has 2 aromatic rings. The maximum Gasteiger partial charge on any atom is 0.215 e. The molecule has 158 valence electrons. The first kappa shape index (κ1) is 24.6. The van der Waals surface area contributed by atoms with Crippen LogP contribution in [0.5, 0.6) is 0 Å². The summed E-state index contributed by atoms with van der Waals surface area (Å²) >= 11 is 0. The highest BCUT2D eigenvalue weighted by Gasteiger charge is 2.18. The number of nitrogens with one attached hydrogen (secondary N) is 3. The van der Waals surface area contributed by atoms with Gasteiger partial charge in [-0.05, 0) is 30.2 Å². The predicted octanol–water partition coefficient (Wildman–Crippen LogP) is 2.30. The van der Waals surface area contributed by atoms with Gasteiger partial charge in [0.25, 0.3) is 0 Å². The van der Waals surface area contributed by atoms with Gasteiger partial charge in [0.1, 0.15) is 5.82 Å². The Morgan fingerprint density at radius 1 is 1.21 bits per heavy atom. The van der Waals surface area contributed by atoms with Crippen molar-refractivity contribution in [1.82, 2.24) is 19.9 Å². The highest BCUT2D eigenvalue weighted by Crippen LogP contribution is 2.19. The molecule has 0 spiro atoms. The van der Waals surface area contributed by atoms with E-state index in [4.69, 9.17) is 0 Å². The molecule has 1 aromatic carbocycles. The molecule has 0 unspecified atom stereocenters. The fraction of sp³-hybridized carbons (Fsp3) is 0.500. The highest BCUT2D eigenvalue weighted by molar-refractivity contribution is 14.0. The van der Waals surface area contributed by atoms with Crippen LogP contribution in [-0.2, 0) is 16.4 Å². The van der Waals surface area contributed by atoms with Crippen molar-refractivity contribution in [2.24, 2.45) is 4.99 Å². The second kappa shape index (κ2) is 11.6. The summed E-state index contributed by atoms with van der Waals surface area (Å²) in [5, 5.41) is 7.19. The van der Waals surface area contributed by atoms with Gasteiger partial charge in [-0.1, -0.05) is 13.8 Å². The van der Waals surface area contributed by atoms with E-state index >= 15 is 0 Å². The third-order valence-corrected chi connectivity index (χ3v) is 6.41. The molecule has 0 atom stereocenters. The molecule has 0 bridgehead atoms. The third-order valence-electron chi connectivity index (χ3n) is 4.39. The number of benzene rings is 1. The Morgan fingerprint density at radius 2 is 1.89 bits per heavy atom. The van der Waals surface area contributed by atoms with Crippen LogP contribution in [0.2, 0.25) is 0 Å². The number of rotatable bonds is 9. The Balaban J connectivity index is 0.00000392. The smallest absolute Gasteiger partial charge is 0.215 e. The number of guanidine groups is 1. The fourth-order valence-corrected chi connectivity index (χ4v) is 4.35. The van der Waals surface area contributed by atoms with Crippen LogP contribution in [-0.4, -0.2) is 62.6 Å². The van der Waals surface area contributed by atoms with Crippen LogP contribution in [0.1, 0.15) is 19.4 Å². The number of nitrogens with zero attached hydrogens (tertiary/aromatic N) is 2. The molecule has 0 aliphatic heterocycles. The number of hydrogen-bond acceptors (Lipinski definition) is 3. The topological polar surface area (TPSA) is 89.6 Å². The van der Waals surface area contributed by atoms with Gasteiger partial charge in [-0.2, -0.15) is 0 Å². The molecule has 0 saturated heterocycles. The zero-order valence-electron chi connectivity index (χ0n) is 16.5. The fourth-order valence-electron chi connectivity index (χ4n) is 2.95. The lowest BCUT2D eigenvalue weighted by Gasteiger charge is -2.19. The SMILES string of the molecule is CCN(CC)S(=O)(=O)CCNC(=NC)NCCc1c[nH]c2cc(F)ccc12.I. The molecule has 3 N–H and O–H groups in total. The summed E-state index contributed by atoms with van der Waals surface area (Å²) < 4.78 is 39.0. The largest absolute Gasteiger partial charge is 0.361 e. The molecule has 0 fully saturated rings. The van der Waals surface area contributed by atoms with Crippen LogP contribution >= 0.6 is 24.0 Å². The number of H-pyrrole nitrogens is 1. The van der Waals surface area contributed by atoms with Crippen LogP contribution in [0.25, 0.3) is 10.9 Å². The molecule has 0 aliphatic rings. The van der Waals surface area contributed by atoms with Gasteiger partial charge in [0.15, 0.2) is 5.96 Å². The second-order valence-corrected chi connectivity index (χ2v) is 8.17. The van der Waals surface area contributed by atoms with E-state index in [2.05, 4.69) is 20.6 Å². The van der Waals surface area contributed by atoms with Gasteiger partial charge in [0.2, 0.25) is 10.0 Å². The standard InChI is InChI=1S/C18H28FN5O2S.HI/c1-4-24(5-2)27(25,26)11-10-22-18(20-3)21-9-8-14-13-23-17-12-15(19)6-7-16(14)17;/h6-7,12-13,23H,4-5,8-11H2,1-3H3,(H2,20,21,22);1H. The maximum atomic E-state index is 13.2. The molecule has 1 aromatic heterocycles. The summed E-state index contributed by atoms with van der Waals surface area (Å²) in [6.07, 6.45) is 2.60. The van der Waals surface area contributed by atoms with E-state index in [9.17, 15) is 12.8 Å². The average molecular weight is 525 g/mol. The molecule has 1 heterocycles. The van der Waals surface area contributed by atoms with Crippen molar-refractivity contribution in [3.63, 3.8) is 0 Å². The first-order chi connectivity index (χ1) is 12.9. The minimum absolute atomic E-state index is 0. The Labute approximate surface area is 183 Å². The average Bonchev–Trinajstić information content (AvgIpc) is 3.03. The van der Waals surface area contributed by atoms with Gasteiger partial charge in [0, 0.05) is 50.3 Å². The lowest BCUT2D eigenvalue weighted by atomic mass is 10.1. The summed E-state index contributed by atoms with van der Waals surface area (Å²) in [6, 6.07) is 4.69. The zero-order chi connectivity index (χ0) is 19.9. The molecule has 2 rings (SSSR count). The lowest BCUT2D eigenvalue weighted by molar-refractivity contribution is 0.445. The van der Waals surface area contributed by atoms with Gasteiger partial charge in [-0.15, -0.1) is 24.0 Å². The predicted molar refractivity (Wildman–Crippen MR) is 123 cm³/mol. The normalized spacial score (nSPS) is 12.2. The monoisotopic (exact) mass is 525 g/mol. The van der Waals surface area contributed by atoms with Gasteiger partial charge >= 0.3 is 0 Å². The number of sulfonamides is 1. The number of fused-ring (bicyclic) bond motifs is 1. The first-order valence-electron chi connectivity index (χ1n) is 9.09. The molecule has 0 amide bonds. The third kappa shape index (κ3) is 6.59. The molecular formula is C18H29FIN5O2S. The number of halogens is 2. The zero-order valence-corrected chi connectivity index (χ0v) is 19.6. The molecule has 28 heavy (non-hydrogen) atoms. The summed E-state index contributed by atoms with van der Waals surface area (Å²) in [4.78, 5) is 7.18. The molecule has 0 aliphatic carbocycles. The van der Waals surface area contributed by atoms with Crippen LogP contribution in [0.4, 0.5) is 4.39 Å². The lowest BCUT2D eigenvalue weighted by Crippen LogP contribution is -2.42. The summed E-state index contributed by atoms with van der Waals surface area (Å²) in [5.41, 5.74) is 1.85. The van der Waals surface area contributed by atoms with E-state index in [0.717, 1.165) is 22.9 Å². The van der Waals surface area contributed by atoms with Crippen molar-refractivity contribution in [3.05, 3.63) is 35.8 Å². The van der Waals surface area contributed by atoms with E-state index in [1.807, 2.05) is 20.0 Å². The van der Waals surface area contributed by atoms with E-state index in [1.165, 1.54) is 16.4 Å². The van der Waals surface area contributed by atoms with E-state index in [0.29, 0.717) is 25.6 Å². The van der Waals surface area contributed by atoms with Crippen LogP contribution in [0.3, 0.4) is 0 Å². The minimum atomic E-state index is -3.26. The molecule has 10 heteroatoms. The van der Waals surface area contributed by atoms with Crippen molar-refractivity contribution in [1.29, 1.82) is 0 Å². The summed E-state index contributed by atoms with van der Waals surface area (Å²) in [6.45, 7) is 5.50. The van der Waals surface area contributed by atoms with Crippen molar-refractivity contribution in [2.75, 3.05) is 39.0 Å². The van der Waals surface area contributed by atoms with Crippen molar-refractivity contribution in [3.8, 4) is 0 Å². The first-order valence-corrected chi connectivity index (χ1v) is 10.7. The van der Waals surface area contributed by atoms with E-state index in [-0.39, 0.29) is 42.1 Å². The molecule has 0 saturated carbocycles. The van der Waals surface area contributed by atoms with Crippen molar-refractivity contribution >= 4 is 50.9 Å².